The third kappa shape index (κ3) is 14.1. The van der Waals surface area contributed by atoms with Crippen LogP contribution in [0.2, 0.25) is 0 Å². The van der Waals surface area contributed by atoms with Crippen molar-refractivity contribution in [3.63, 3.8) is 0 Å². The number of unbranched alkanes of at least 4 members (excludes halogenated alkanes) is 11. The molecule has 0 bridgehead atoms. The van der Waals surface area contributed by atoms with E-state index >= 15 is 0 Å². The lowest BCUT2D eigenvalue weighted by molar-refractivity contribution is 0.307. The molecule has 1 N–H and O–H groups in total. The molecule has 0 saturated carbocycles. The summed E-state index contributed by atoms with van der Waals surface area (Å²) in [7, 11) is 1.79. The molecular weight excluding hydrogens is 306 g/mol. The van der Waals surface area contributed by atoms with E-state index in [-0.39, 0.29) is 6.04 Å². The second-order valence-electron chi connectivity index (χ2n) is 6.90. The maximum absolute atomic E-state index is 11.4. The van der Waals surface area contributed by atoms with Gasteiger partial charge in [-0.15, -0.1) is 0 Å². The van der Waals surface area contributed by atoms with Crippen molar-refractivity contribution < 1.29 is 8.76 Å². The number of hydrogen-bond acceptors (Lipinski definition) is 1. The fraction of sp³-hybridized carbons (Fsp3) is 1.00. The van der Waals surface area contributed by atoms with E-state index in [1.165, 1.54) is 83.5 Å². The van der Waals surface area contributed by atoms with Gasteiger partial charge < -0.3 is 0 Å². The molecule has 0 amide bonds. The zero-order valence-electron chi connectivity index (χ0n) is 15.9. The molecule has 23 heavy (non-hydrogen) atoms. The largest absolute Gasteiger partial charge is 0.294 e. The lowest BCUT2D eigenvalue weighted by Crippen LogP contribution is -2.33. The van der Waals surface area contributed by atoms with Crippen LogP contribution in [0.3, 0.4) is 0 Å². The molecule has 0 aromatic carbocycles. The zero-order valence-corrected chi connectivity index (χ0v) is 16.7. The van der Waals surface area contributed by atoms with Gasteiger partial charge in [-0.2, -0.15) is 0 Å². The minimum absolute atomic E-state index is 0.266. The highest BCUT2D eigenvalue weighted by Gasteiger charge is 2.18. The summed E-state index contributed by atoms with van der Waals surface area (Å²) in [6, 6.07) is 0.266. The SMILES string of the molecule is CCCCCCCCCC(CCCCCCCC)N(C)S(=O)O. The van der Waals surface area contributed by atoms with Gasteiger partial charge in [-0.25, -0.2) is 8.51 Å². The fourth-order valence-corrected chi connectivity index (χ4v) is 3.60. The summed E-state index contributed by atoms with van der Waals surface area (Å²) in [5.41, 5.74) is 0. The van der Waals surface area contributed by atoms with Crippen molar-refractivity contribution in [2.75, 3.05) is 7.05 Å². The molecule has 4 heteroatoms. The second-order valence-corrected chi connectivity index (χ2v) is 7.93. The molecular formula is C19H41NO2S. The van der Waals surface area contributed by atoms with Gasteiger partial charge in [0.2, 0.25) is 11.3 Å². The molecule has 0 saturated heterocycles. The second kappa shape index (κ2) is 16.9. The minimum Gasteiger partial charge on any atom is -0.294 e. The monoisotopic (exact) mass is 347 g/mol. The van der Waals surface area contributed by atoms with Crippen molar-refractivity contribution >= 4 is 11.3 Å². The highest BCUT2D eigenvalue weighted by atomic mass is 32.2. The molecule has 0 spiro atoms. The van der Waals surface area contributed by atoms with Gasteiger partial charge in [0.05, 0.1) is 0 Å². The normalized spacial score (nSPS) is 14.3. The predicted molar refractivity (Wildman–Crippen MR) is 103 cm³/mol. The summed E-state index contributed by atoms with van der Waals surface area (Å²) >= 11 is -1.83. The zero-order chi connectivity index (χ0) is 17.3. The van der Waals surface area contributed by atoms with E-state index in [1.807, 2.05) is 0 Å². The topological polar surface area (TPSA) is 40.5 Å². The van der Waals surface area contributed by atoms with Gasteiger partial charge in [0.1, 0.15) is 0 Å². The maximum Gasteiger partial charge on any atom is 0.234 e. The first-order valence-corrected chi connectivity index (χ1v) is 11.0. The quantitative estimate of drug-likeness (QED) is 0.247. The van der Waals surface area contributed by atoms with E-state index in [0.717, 1.165) is 12.8 Å². The van der Waals surface area contributed by atoms with Crippen molar-refractivity contribution in [2.24, 2.45) is 0 Å². The van der Waals surface area contributed by atoms with Gasteiger partial charge in [-0.05, 0) is 12.8 Å². The van der Waals surface area contributed by atoms with Crippen LogP contribution in [0.4, 0.5) is 0 Å². The van der Waals surface area contributed by atoms with Crippen LogP contribution in [0.5, 0.6) is 0 Å². The van der Waals surface area contributed by atoms with Gasteiger partial charge in [0, 0.05) is 13.1 Å². The Labute approximate surface area is 148 Å². The van der Waals surface area contributed by atoms with E-state index in [0.29, 0.717) is 0 Å². The number of nitrogens with zero attached hydrogens (tertiary/aromatic N) is 1. The average molecular weight is 348 g/mol. The lowest BCUT2D eigenvalue weighted by Gasteiger charge is -2.24. The Morgan fingerprint density at radius 2 is 1.09 bits per heavy atom. The molecule has 0 aliphatic rings. The Morgan fingerprint density at radius 1 is 0.739 bits per heavy atom. The molecule has 0 heterocycles. The van der Waals surface area contributed by atoms with Crippen molar-refractivity contribution in [3.05, 3.63) is 0 Å². The van der Waals surface area contributed by atoms with Gasteiger partial charge in [0.25, 0.3) is 0 Å². The van der Waals surface area contributed by atoms with Crippen LogP contribution >= 0.6 is 0 Å². The molecule has 2 atom stereocenters. The van der Waals surface area contributed by atoms with Crippen LogP contribution < -0.4 is 0 Å². The van der Waals surface area contributed by atoms with Crippen LogP contribution in [-0.4, -0.2) is 26.2 Å². The summed E-state index contributed by atoms with van der Waals surface area (Å²) in [5.74, 6) is 0. The van der Waals surface area contributed by atoms with Crippen molar-refractivity contribution in [1.29, 1.82) is 0 Å². The van der Waals surface area contributed by atoms with E-state index in [9.17, 15) is 8.76 Å². The van der Waals surface area contributed by atoms with E-state index < -0.39 is 11.3 Å². The Bertz CT molecular complexity index is 274. The van der Waals surface area contributed by atoms with E-state index in [2.05, 4.69) is 13.8 Å². The standard InChI is InChI=1S/C19H41NO2S/c1-4-6-8-10-12-14-16-18-19(20(3)23(21)22)17-15-13-11-9-7-5-2/h19H,4-18H2,1-3H3,(H,21,22). The highest BCUT2D eigenvalue weighted by molar-refractivity contribution is 7.76. The molecule has 0 fully saturated rings. The molecule has 0 aliphatic heterocycles. The first-order chi connectivity index (χ1) is 11.1. The molecule has 2 unspecified atom stereocenters. The summed E-state index contributed by atoms with van der Waals surface area (Å²) in [6.45, 7) is 4.49. The highest BCUT2D eigenvalue weighted by Crippen LogP contribution is 2.18. The van der Waals surface area contributed by atoms with E-state index in [1.54, 1.807) is 11.4 Å². The third-order valence-corrected chi connectivity index (χ3v) is 5.58. The molecule has 0 radical (unpaired) electrons. The van der Waals surface area contributed by atoms with Crippen molar-refractivity contribution in [1.82, 2.24) is 4.31 Å². The van der Waals surface area contributed by atoms with Gasteiger partial charge in [-0.3, -0.25) is 4.55 Å². The van der Waals surface area contributed by atoms with E-state index in [4.69, 9.17) is 0 Å². The lowest BCUT2D eigenvalue weighted by atomic mass is 10.00. The van der Waals surface area contributed by atoms with Gasteiger partial charge in [-0.1, -0.05) is 97.3 Å². The van der Waals surface area contributed by atoms with Crippen molar-refractivity contribution in [2.45, 2.75) is 116 Å². The molecule has 0 aliphatic carbocycles. The maximum atomic E-state index is 11.4. The van der Waals surface area contributed by atoms with Crippen LogP contribution in [-0.2, 0) is 11.3 Å². The average Bonchev–Trinajstić information content (AvgIpc) is 2.54. The minimum atomic E-state index is -1.83. The summed E-state index contributed by atoms with van der Waals surface area (Å²) < 4.78 is 22.4. The number of rotatable bonds is 17. The third-order valence-electron chi connectivity index (χ3n) is 4.79. The van der Waals surface area contributed by atoms with Gasteiger partial charge in [0.15, 0.2) is 0 Å². The fourth-order valence-electron chi connectivity index (χ4n) is 3.13. The first kappa shape index (κ1) is 23.1. The Hall–Kier alpha value is 0.0700. The molecule has 0 aromatic heterocycles. The van der Waals surface area contributed by atoms with Crippen LogP contribution in [0.25, 0.3) is 0 Å². The molecule has 140 valence electrons. The Morgan fingerprint density at radius 3 is 1.43 bits per heavy atom. The predicted octanol–water partition coefficient (Wildman–Crippen LogP) is 6.31. The molecule has 0 aromatic rings. The summed E-state index contributed by atoms with van der Waals surface area (Å²) in [6.07, 6.45) is 19.0. The van der Waals surface area contributed by atoms with Crippen LogP contribution in [0.1, 0.15) is 110 Å². The van der Waals surface area contributed by atoms with Crippen molar-refractivity contribution in [3.8, 4) is 0 Å². The molecule has 3 nitrogen and oxygen atoms in total. The summed E-state index contributed by atoms with van der Waals surface area (Å²) in [5, 5.41) is 0. The first-order valence-electron chi connectivity index (χ1n) is 9.97. The number of hydrogen-bond donors (Lipinski definition) is 1. The van der Waals surface area contributed by atoms with Crippen LogP contribution in [0.15, 0.2) is 0 Å². The Balaban J connectivity index is 3.85. The smallest absolute Gasteiger partial charge is 0.234 e. The Kier molecular flexibility index (Phi) is 17.0. The van der Waals surface area contributed by atoms with Gasteiger partial charge >= 0.3 is 0 Å². The summed E-state index contributed by atoms with van der Waals surface area (Å²) in [4.78, 5) is 0. The molecule has 0 rings (SSSR count). The van der Waals surface area contributed by atoms with Crippen LogP contribution in [0, 0.1) is 0 Å².